The molecule has 0 bridgehead atoms. The van der Waals surface area contributed by atoms with E-state index >= 15 is 0 Å². The van der Waals surface area contributed by atoms with Gasteiger partial charge in [0.1, 0.15) is 6.10 Å². The molecule has 0 aromatic heterocycles. The van der Waals surface area contributed by atoms with Crippen LogP contribution in [0.5, 0.6) is 0 Å². The van der Waals surface area contributed by atoms with Crippen LogP contribution in [0.2, 0.25) is 0 Å². The van der Waals surface area contributed by atoms with Gasteiger partial charge in [-0.05, 0) is 56.4 Å². The van der Waals surface area contributed by atoms with Crippen molar-refractivity contribution in [2.45, 2.75) is 51.6 Å². The van der Waals surface area contributed by atoms with Gasteiger partial charge in [-0.15, -0.1) is 0 Å². The first-order valence-electron chi connectivity index (χ1n) is 9.14. The zero-order valence-corrected chi connectivity index (χ0v) is 14.9. The van der Waals surface area contributed by atoms with Crippen molar-refractivity contribution in [3.8, 4) is 0 Å². The topological polar surface area (TPSA) is 75.7 Å². The van der Waals surface area contributed by atoms with Gasteiger partial charge in [0.15, 0.2) is 0 Å². The van der Waals surface area contributed by atoms with Crippen LogP contribution in [0.4, 0.5) is 16.2 Å². The standard InChI is InChI=1S/C20H24N2O4/c1-14-13-18(23)22(19(14)24)16-11-9-15(10-12-16)21-20(25)26-17-7-5-3-2-4-6-8-17/h2-3,9-12,14,17H,4-8,13H2,1H3,(H,21,25)/b3-2+/t14?,17-/m0/s1. The van der Waals surface area contributed by atoms with Crippen molar-refractivity contribution in [2.24, 2.45) is 5.92 Å². The van der Waals surface area contributed by atoms with Gasteiger partial charge in [-0.25, -0.2) is 4.79 Å². The Balaban J connectivity index is 1.57. The Bertz CT molecular complexity index is 711. The van der Waals surface area contributed by atoms with Crippen molar-refractivity contribution in [1.29, 1.82) is 0 Å². The first-order chi connectivity index (χ1) is 12.5. The summed E-state index contributed by atoms with van der Waals surface area (Å²) in [6.07, 6.45) is 8.66. The summed E-state index contributed by atoms with van der Waals surface area (Å²) in [6, 6.07) is 6.65. The van der Waals surface area contributed by atoms with Crippen LogP contribution in [-0.4, -0.2) is 24.0 Å². The van der Waals surface area contributed by atoms with Crippen LogP contribution in [-0.2, 0) is 14.3 Å². The molecule has 2 aliphatic rings. The Kier molecular flexibility index (Phi) is 5.71. The molecule has 1 fully saturated rings. The molecule has 1 heterocycles. The summed E-state index contributed by atoms with van der Waals surface area (Å²) in [5, 5.41) is 2.71. The summed E-state index contributed by atoms with van der Waals surface area (Å²) >= 11 is 0. The lowest BCUT2D eigenvalue weighted by Crippen LogP contribution is -2.29. The number of nitrogens with zero attached hydrogens (tertiary/aromatic N) is 1. The summed E-state index contributed by atoms with van der Waals surface area (Å²) in [5.41, 5.74) is 1.09. The van der Waals surface area contributed by atoms with Gasteiger partial charge < -0.3 is 4.74 Å². The highest BCUT2D eigenvalue weighted by molar-refractivity contribution is 6.20. The molecule has 6 heteroatoms. The summed E-state index contributed by atoms with van der Waals surface area (Å²) in [4.78, 5) is 37.3. The Morgan fingerprint density at radius 2 is 1.85 bits per heavy atom. The predicted octanol–water partition coefficient (Wildman–Crippen LogP) is 4.02. The van der Waals surface area contributed by atoms with Crippen molar-refractivity contribution in [3.05, 3.63) is 36.4 Å². The van der Waals surface area contributed by atoms with Crippen LogP contribution in [0, 0.1) is 5.92 Å². The third-order valence-corrected chi connectivity index (χ3v) is 4.74. The van der Waals surface area contributed by atoms with Gasteiger partial charge in [-0.2, -0.15) is 0 Å². The lowest BCUT2D eigenvalue weighted by molar-refractivity contribution is -0.122. The van der Waals surface area contributed by atoms with Gasteiger partial charge in [0.2, 0.25) is 11.8 Å². The third kappa shape index (κ3) is 4.31. The molecular weight excluding hydrogens is 332 g/mol. The Morgan fingerprint density at radius 1 is 1.12 bits per heavy atom. The molecule has 0 radical (unpaired) electrons. The van der Waals surface area contributed by atoms with Gasteiger partial charge in [-0.1, -0.05) is 19.1 Å². The molecule has 1 aromatic rings. The summed E-state index contributed by atoms with van der Waals surface area (Å²) in [5.74, 6) is -0.664. The Morgan fingerprint density at radius 3 is 2.54 bits per heavy atom. The van der Waals surface area contributed by atoms with Gasteiger partial charge >= 0.3 is 6.09 Å². The van der Waals surface area contributed by atoms with E-state index < -0.39 is 6.09 Å². The maximum absolute atomic E-state index is 12.1. The summed E-state index contributed by atoms with van der Waals surface area (Å²) in [7, 11) is 0. The maximum atomic E-state index is 12.1. The number of allylic oxidation sites excluding steroid dienone is 2. The Labute approximate surface area is 153 Å². The monoisotopic (exact) mass is 356 g/mol. The second-order valence-corrected chi connectivity index (χ2v) is 6.85. The van der Waals surface area contributed by atoms with Crippen LogP contribution in [0.25, 0.3) is 0 Å². The Hall–Kier alpha value is -2.63. The number of imide groups is 1. The van der Waals surface area contributed by atoms with E-state index in [1.54, 1.807) is 31.2 Å². The van der Waals surface area contributed by atoms with Crippen molar-refractivity contribution < 1.29 is 19.1 Å². The molecule has 1 N–H and O–H groups in total. The van der Waals surface area contributed by atoms with E-state index in [-0.39, 0.29) is 30.3 Å². The number of rotatable bonds is 3. The molecule has 0 spiro atoms. The number of carbonyl (C=O) groups is 3. The molecule has 3 amide bonds. The van der Waals surface area contributed by atoms with Crippen LogP contribution in [0.3, 0.4) is 0 Å². The van der Waals surface area contributed by atoms with Gasteiger partial charge in [0.05, 0.1) is 5.69 Å². The molecule has 1 aliphatic heterocycles. The lowest BCUT2D eigenvalue weighted by atomic mass is 10.0. The molecule has 6 nitrogen and oxygen atoms in total. The fourth-order valence-corrected chi connectivity index (χ4v) is 3.29. The first-order valence-corrected chi connectivity index (χ1v) is 9.14. The number of nitrogens with one attached hydrogen (secondary N) is 1. The molecule has 2 atom stereocenters. The molecule has 1 aliphatic carbocycles. The molecule has 0 saturated carbocycles. The molecular formula is C20H24N2O4. The van der Waals surface area contributed by atoms with E-state index in [0.29, 0.717) is 11.4 Å². The maximum Gasteiger partial charge on any atom is 0.411 e. The van der Waals surface area contributed by atoms with Crippen molar-refractivity contribution >= 4 is 29.3 Å². The third-order valence-electron chi connectivity index (χ3n) is 4.74. The van der Waals surface area contributed by atoms with Crippen LogP contribution in [0.15, 0.2) is 36.4 Å². The largest absolute Gasteiger partial charge is 0.446 e. The number of carbonyl (C=O) groups excluding carboxylic acids is 3. The molecule has 26 heavy (non-hydrogen) atoms. The van der Waals surface area contributed by atoms with Crippen LogP contribution >= 0.6 is 0 Å². The average molecular weight is 356 g/mol. The highest BCUT2D eigenvalue weighted by atomic mass is 16.6. The fraction of sp³-hybridized carbons (Fsp3) is 0.450. The lowest BCUT2D eigenvalue weighted by Gasteiger charge is -2.19. The fourth-order valence-electron chi connectivity index (χ4n) is 3.29. The quantitative estimate of drug-likeness (QED) is 0.655. The number of benzene rings is 1. The first kappa shape index (κ1) is 18.2. The normalized spacial score (nSPS) is 24.7. The minimum atomic E-state index is -0.478. The number of hydrogen-bond acceptors (Lipinski definition) is 4. The van der Waals surface area contributed by atoms with Gasteiger partial charge in [-0.3, -0.25) is 19.8 Å². The minimum absolute atomic E-state index is 0.0689. The number of ether oxygens (including phenoxy) is 1. The molecule has 1 saturated heterocycles. The highest BCUT2D eigenvalue weighted by Crippen LogP contribution is 2.27. The van der Waals surface area contributed by atoms with Crippen LogP contribution < -0.4 is 10.2 Å². The summed E-state index contributed by atoms with van der Waals surface area (Å²) in [6.45, 7) is 1.75. The zero-order chi connectivity index (χ0) is 18.5. The van der Waals surface area contributed by atoms with Crippen molar-refractivity contribution in [2.75, 3.05) is 10.2 Å². The molecule has 138 valence electrons. The van der Waals surface area contributed by atoms with E-state index in [2.05, 4.69) is 17.5 Å². The highest BCUT2D eigenvalue weighted by Gasteiger charge is 2.36. The zero-order valence-electron chi connectivity index (χ0n) is 14.9. The number of hydrogen-bond donors (Lipinski definition) is 1. The van der Waals surface area contributed by atoms with E-state index in [4.69, 9.17) is 4.74 Å². The second-order valence-electron chi connectivity index (χ2n) is 6.85. The molecule has 1 aromatic carbocycles. The predicted molar refractivity (Wildman–Crippen MR) is 98.8 cm³/mol. The molecule has 1 unspecified atom stereocenters. The number of amides is 3. The summed E-state index contributed by atoms with van der Waals surface area (Å²) < 4.78 is 5.51. The van der Waals surface area contributed by atoms with Crippen molar-refractivity contribution in [1.82, 2.24) is 0 Å². The average Bonchev–Trinajstić information content (AvgIpc) is 2.83. The SMILES string of the molecule is CC1CC(=O)N(c2ccc(NC(=O)O[C@H]3CC/C=C/CCC3)cc2)C1=O. The second kappa shape index (κ2) is 8.17. The van der Waals surface area contributed by atoms with E-state index in [1.165, 1.54) is 4.90 Å². The van der Waals surface area contributed by atoms with Crippen molar-refractivity contribution in [3.63, 3.8) is 0 Å². The number of anilines is 2. The smallest absolute Gasteiger partial charge is 0.411 e. The minimum Gasteiger partial charge on any atom is -0.446 e. The van der Waals surface area contributed by atoms with Gasteiger partial charge in [0.25, 0.3) is 0 Å². The van der Waals surface area contributed by atoms with E-state index in [0.717, 1.165) is 32.1 Å². The van der Waals surface area contributed by atoms with E-state index in [9.17, 15) is 14.4 Å². The molecule has 3 rings (SSSR count). The van der Waals surface area contributed by atoms with Gasteiger partial charge in [0, 0.05) is 18.0 Å². The van der Waals surface area contributed by atoms with Crippen LogP contribution in [0.1, 0.15) is 45.4 Å². The van der Waals surface area contributed by atoms with E-state index in [1.807, 2.05) is 0 Å².